The fraction of sp³-hybridized carbons (Fsp3) is 0.400. The predicted octanol–water partition coefficient (Wildman–Crippen LogP) is 2.45. The summed E-state index contributed by atoms with van der Waals surface area (Å²) in [4.78, 5) is 0. The van der Waals surface area contributed by atoms with Crippen molar-refractivity contribution in [3.8, 4) is 0 Å². The van der Waals surface area contributed by atoms with Crippen molar-refractivity contribution in [2.45, 2.75) is 11.0 Å². The minimum absolute atomic E-state index is 0. The molecule has 0 unspecified atom stereocenters. The molecule has 1 fully saturated rings. The average Bonchev–Trinajstić information content (AvgIpc) is 2.05. The van der Waals surface area contributed by atoms with Crippen molar-refractivity contribution in [1.29, 1.82) is 0 Å². The SMILES string of the molecule is Cl.Fc1ccc(CSC2CNC2)cc1. The van der Waals surface area contributed by atoms with Gasteiger partial charge >= 0.3 is 0 Å². The van der Waals surface area contributed by atoms with E-state index in [2.05, 4.69) is 5.32 Å². The molecule has 78 valence electrons. The Hall–Kier alpha value is -0.250. The zero-order valence-corrected chi connectivity index (χ0v) is 9.34. The summed E-state index contributed by atoms with van der Waals surface area (Å²) in [6.45, 7) is 2.23. The van der Waals surface area contributed by atoms with Gasteiger partial charge in [-0.05, 0) is 17.7 Å². The number of benzene rings is 1. The average molecular weight is 234 g/mol. The van der Waals surface area contributed by atoms with E-state index in [0.29, 0.717) is 0 Å². The lowest BCUT2D eigenvalue weighted by molar-refractivity contribution is 0.543. The molecule has 0 spiro atoms. The first-order valence-corrected chi connectivity index (χ1v) is 5.46. The molecule has 0 aliphatic carbocycles. The van der Waals surface area contributed by atoms with Gasteiger partial charge in [-0.25, -0.2) is 4.39 Å². The lowest BCUT2D eigenvalue weighted by Gasteiger charge is -2.26. The smallest absolute Gasteiger partial charge is 0.123 e. The number of halogens is 2. The normalized spacial score (nSPS) is 15.8. The van der Waals surface area contributed by atoms with Crippen molar-refractivity contribution in [2.24, 2.45) is 0 Å². The Balaban J connectivity index is 0.000000980. The van der Waals surface area contributed by atoms with Gasteiger partial charge in [-0.3, -0.25) is 0 Å². The van der Waals surface area contributed by atoms with Crippen LogP contribution in [0.25, 0.3) is 0 Å². The van der Waals surface area contributed by atoms with E-state index in [1.54, 1.807) is 0 Å². The summed E-state index contributed by atoms with van der Waals surface area (Å²) in [6.07, 6.45) is 0. The second-order valence-corrected chi connectivity index (χ2v) is 4.51. The van der Waals surface area contributed by atoms with Gasteiger partial charge in [-0.15, -0.1) is 12.4 Å². The van der Waals surface area contributed by atoms with E-state index in [1.165, 1.54) is 17.7 Å². The quantitative estimate of drug-likeness (QED) is 0.861. The molecule has 14 heavy (non-hydrogen) atoms. The Bertz CT molecular complexity index is 274. The van der Waals surface area contributed by atoms with Crippen molar-refractivity contribution < 1.29 is 4.39 Å². The topological polar surface area (TPSA) is 12.0 Å². The van der Waals surface area contributed by atoms with Gasteiger partial charge in [0.1, 0.15) is 5.82 Å². The molecule has 0 bridgehead atoms. The molecule has 1 aliphatic rings. The summed E-state index contributed by atoms with van der Waals surface area (Å²) < 4.78 is 12.5. The first-order chi connectivity index (χ1) is 6.34. The van der Waals surface area contributed by atoms with E-state index < -0.39 is 0 Å². The van der Waals surface area contributed by atoms with Crippen LogP contribution in [0.5, 0.6) is 0 Å². The van der Waals surface area contributed by atoms with Crippen LogP contribution < -0.4 is 5.32 Å². The summed E-state index contributed by atoms with van der Waals surface area (Å²) >= 11 is 1.94. The van der Waals surface area contributed by atoms with Crippen LogP contribution in [-0.4, -0.2) is 18.3 Å². The highest BCUT2D eigenvalue weighted by Crippen LogP contribution is 2.20. The lowest BCUT2D eigenvalue weighted by atomic mass is 10.2. The van der Waals surface area contributed by atoms with E-state index in [1.807, 2.05) is 23.9 Å². The van der Waals surface area contributed by atoms with E-state index >= 15 is 0 Å². The van der Waals surface area contributed by atoms with Crippen molar-refractivity contribution in [3.63, 3.8) is 0 Å². The van der Waals surface area contributed by atoms with Gasteiger partial charge in [0.15, 0.2) is 0 Å². The number of thioether (sulfide) groups is 1. The second-order valence-electron chi connectivity index (χ2n) is 3.22. The third-order valence-electron chi connectivity index (χ3n) is 2.14. The van der Waals surface area contributed by atoms with Gasteiger partial charge in [0.2, 0.25) is 0 Å². The van der Waals surface area contributed by atoms with Gasteiger partial charge in [0.05, 0.1) is 0 Å². The number of hydrogen-bond acceptors (Lipinski definition) is 2. The van der Waals surface area contributed by atoms with Crippen LogP contribution in [0.3, 0.4) is 0 Å². The molecule has 1 nitrogen and oxygen atoms in total. The molecule has 2 rings (SSSR count). The van der Waals surface area contributed by atoms with E-state index in [-0.39, 0.29) is 18.2 Å². The minimum Gasteiger partial charge on any atom is -0.314 e. The first kappa shape index (κ1) is 11.8. The summed E-state index contributed by atoms with van der Waals surface area (Å²) in [5.74, 6) is 0.839. The maximum atomic E-state index is 12.5. The van der Waals surface area contributed by atoms with E-state index in [9.17, 15) is 4.39 Å². The predicted molar refractivity (Wildman–Crippen MR) is 61.6 cm³/mol. The summed E-state index contributed by atoms with van der Waals surface area (Å²) in [7, 11) is 0. The van der Waals surface area contributed by atoms with Crippen LogP contribution in [0.2, 0.25) is 0 Å². The number of rotatable bonds is 3. The third kappa shape index (κ3) is 3.15. The summed E-state index contributed by atoms with van der Waals surface area (Å²) in [6, 6.07) is 6.76. The van der Waals surface area contributed by atoms with Crippen LogP contribution in [0.15, 0.2) is 24.3 Å². The molecule has 0 saturated carbocycles. The fourth-order valence-electron chi connectivity index (χ4n) is 1.17. The maximum Gasteiger partial charge on any atom is 0.123 e. The van der Waals surface area contributed by atoms with Gasteiger partial charge in [-0.1, -0.05) is 12.1 Å². The Morgan fingerprint density at radius 3 is 2.43 bits per heavy atom. The molecule has 0 atom stereocenters. The number of hydrogen-bond donors (Lipinski definition) is 1. The Kier molecular flexibility index (Phi) is 4.72. The molecule has 1 aliphatic heterocycles. The van der Waals surface area contributed by atoms with Crippen molar-refractivity contribution in [1.82, 2.24) is 5.32 Å². The fourth-order valence-corrected chi connectivity index (χ4v) is 2.27. The molecule has 1 aromatic rings. The second kappa shape index (κ2) is 5.59. The molecular formula is C10H13ClFNS. The molecule has 1 N–H and O–H groups in total. The Morgan fingerprint density at radius 1 is 1.29 bits per heavy atom. The van der Waals surface area contributed by atoms with Gasteiger partial charge in [0.25, 0.3) is 0 Å². The molecule has 4 heteroatoms. The molecule has 1 aromatic carbocycles. The van der Waals surface area contributed by atoms with Gasteiger partial charge < -0.3 is 5.32 Å². The summed E-state index contributed by atoms with van der Waals surface area (Å²) in [5, 5.41) is 3.98. The van der Waals surface area contributed by atoms with Crippen LogP contribution in [-0.2, 0) is 5.75 Å². The third-order valence-corrected chi connectivity index (χ3v) is 3.45. The molecular weight excluding hydrogens is 221 g/mol. The monoisotopic (exact) mass is 233 g/mol. The molecule has 0 aromatic heterocycles. The van der Waals surface area contributed by atoms with Crippen molar-refractivity contribution in [2.75, 3.05) is 13.1 Å². The van der Waals surface area contributed by atoms with E-state index in [0.717, 1.165) is 24.1 Å². The zero-order valence-electron chi connectivity index (χ0n) is 7.70. The Labute approximate surface area is 93.9 Å². The summed E-state index contributed by atoms with van der Waals surface area (Å²) in [5.41, 5.74) is 1.21. The highest BCUT2D eigenvalue weighted by Gasteiger charge is 2.16. The first-order valence-electron chi connectivity index (χ1n) is 4.41. The van der Waals surface area contributed by atoms with Crippen molar-refractivity contribution in [3.05, 3.63) is 35.6 Å². The molecule has 1 heterocycles. The molecule has 1 saturated heterocycles. The Morgan fingerprint density at radius 2 is 1.93 bits per heavy atom. The largest absolute Gasteiger partial charge is 0.314 e. The molecule has 0 amide bonds. The van der Waals surface area contributed by atoms with Crippen LogP contribution in [0.1, 0.15) is 5.56 Å². The van der Waals surface area contributed by atoms with Crippen molar-refractivity contribution >= 4 is 24.2 Å². The lowest BCUT2D eigenvalue weighted by Crippen LogP contribution is -2.44. The van der Waals surface area contributed by atoms with Crippen LogP contribution in [0.4, 0.5) is 4.39 Å². The standard InChI is InChI=1S/C10H12FNS.ClH/c11-9-3-1-8(2-4-9)7-13-10-5-12-6-10;/h1-4,10,12H,5-7H2;1H. The maximum absolute atomic E-state index is 12.5. The van der Waals surface area contributed by atoms with E-state index in [4.69, 9.17) is 0 Å². The zero-order chi connectivity index (χ0) is 9.10. The number of nitrogens with one attached hydrogen (secondary N) is 1. The van der Waals surface area contributed by atoms with Gasteiger partial charge in [0, 0.05) is 24.1 Å². The molecule has 0 radical (unpaired) electrons. The highest BCUT2D eigenvalue weighted by atomic mass is 35.5. The highest BCUT2D eigenvalue weighted by molar-refractivity contribution is 7.99. The minimum atomic E-state index is -0.154. The van der Waals surface area contributed by atoms with Gasteiger partial charge in [-0.2, -0.15) is 11.8 Å². The van der Waals surface area contributed by atoms with Crippen LogP contribution >= 0.6 is 24.2 Å². The van der Waals surface area contributed by atoms with Crippen LogP contribution in [0, 0.1) is 5.82 Å².